The van der Waals surface area contributed by atoms with Gasteiger partial charge in [0.25, 0.3) is 0 Å². The fourth-order valence-corrected chi connectivity index (χ4v) is 2.61. The summed E-state index contributed by atoms with van der Waals surface area (Å²) >= 11 is 0. The number of ether oxygens (including phenoxy) is 2. The summed E-state index contributed by atoms with van der Waals surface area (Å²) in [5.41, 5.74) is 4.14. The van der Waals surface area contributed by atoms with Crippen LogP contribution in [-0.2, 0) is 0 Å². The van der Waals surface area contributed by atoms with E-state index >= 15 is 0 Å². The monoisotopic (exact) mass is 345 g/mol. The molecule has 0 aliphatic carbocycles. The van der Waals surface area contributed by atoms with E-state index in [9.17, 15) is 5.26 Å². The molecule has 130 valence electrons. The smallest absolute Gasteiger partial charge is 0.161 e. The quantitative estimate of drug-likeness (QED) is 0.527. The molecule has 26 heavy (non-hydrogen) atoms. The molecule has 0 saturated heterocycles. The Morgan fingerprint density at radius 2 is 2.12 bits per heavy atom. The van der Waals surface area contributed by atoms with Crippen molar-refractivity contribution >= 4 is 22.7 Å². The molecule has 0 amide bonds. The van der Waals surface area contributed by atoms with Gasteiger partial charge in [-0.2, -0.15) is 5.26 Å². The van der Waals surface area contributed by atoms with Crippen molar-refractivity contribution < 1.29 is 9.47 Å². The first-order chi connectivity index (χ1) is 12.6. The van der Waals surface area contributed by atoms with Crippen molar-refractivity contribution in [3.05, 3.63) is 66.0 Å². The molecular formula is C21H19N3O2. The minimum atomic E-state index is 0.396. The maximum Gasteiger partial charge on any atom is 0.161 e. The molecule has 1 N–H and O–H groups in total. The molecule has 0 aliphatic heterocycles. The van der Waals surface area contributed by atoms with Crippen molar-refractivity contribution in [2.75, 3.05) is 13.7 Å². The van der Waals surface area contributed by atoms with Crippen LogP contribution in [-0.4, -0.2) is 23.7 Å². The zero-order valence-corrected chi connectivity index (χ0v) is 14.7. The third-order valence-corrected chi connectivity index (χ3v) is 3.87. The summed E-state index contributed by atoms with van der Waals surface area (Å²) in [6, 6.07) is 13.7. The first-order valence-corrected chi connectivity index (χ1v) is 8.15. The average Bonchev–Trinajstić information content (AvgIpc) is 3.07. The van der Waals surface area contributed by atoms with Gasteiger partial charge >= 0.3 is 0 Å². The predicted molar refractivity (Wildman–Crippen MR) is 103 cm³/mol. The van der Waals surface area contributed by atoms with E-state index in [1.54, 1.807) is 19.3 Å². The highest BCUT2D eigenvalue weighted by Crippen LogP contribution is 2.30. The first-order valence-electron chi connectivity index (χ1n) is 8.15. The van der Waals surface area contributed by atoms with Gasteiger partial charge < -0.3 is 14.5 Å². The second kappa shape index (κ2) is 7.58. The van der Waals surface area contributed by atoms with Crippen LogP contribution in [0.1, 0.15) is 17.0 Å². The maximum atomic E-state index is 9.57. The Bertz CT molecular complexity index is 1030. The van der Waals surface area contributed by atoms with Gasteiger partial charge in [0, 0.05) is 0 Å². The molecule has 1 aromatic heterocycles. The number of nitrogens with zero attached hydrogens (tertiary/aromatic N) is 2. The molecule has 3 aromatic rings. The molecule has 0 fully saturated rings. The van der Waals surface area contributed by atoms with Crippen molar-refractivity contribution in [3.8, 4) is 17.6 Å². The Labute approximate surface area is 152 Å². The highest BCUT2D eigenvalue weighted by atomic mass is 16.5. The zero-order chi connectivity index (χ0) is 18.5. The Balaban J connectivity index is 1.97. The van der Waals surface area contributed by atoms with E-state index in [1.165, 1.54) is 0 Å². The lowest BCUT2D eigenvalue weighted by molar-refractivity contribution is 0.326. The summed E-state index contributed by atoms with van der Waals surface area (Å²) in [5, 5.41) is 9.57. The largest absolute Gasteiger partial charge is 0.493 e. The number of allylic oxidation sites excluding steroid dienone is 1. The molecule has 3 rings (SSSR count). The van der Waals surface area contributed by atoms with Gasteiger partial charge in [-0.3, -0.25) is 0 Å². The first kappa shape index (κ1) is 17.3. The lowest BCUT2D eigenvalue weighted by atomic mass is 10.1. The minimum absolute atomic E-state index is 0.396. The molecule has 0 atom stereocenters. The van der Waals surface area contributed by atoms with Crippen LogP contribution >= 0.6 is 0 Å². The normalized spacial score (nSPS) is 11.2. The second-order valence-electron chi connectivity index (χ2n) is 5.79. The van der Waals surface area contributed by atoms with Gasteiger partial charge in [0.2, 0.25) is 0 Å². The number of hydrogen-bond donors (Lipinski definition) is 1. The average molecular weight is 345 g/mol. The van der Waals surface area contributed by atoms with Gasteiger partial charge in [0.05, 0.1) is 23.7 Å². The van der Waals surface area contributed by atoms with Gasteiger partial charge in [-0.05, 0) is 48.4 Å². The Hall–Kier alpha value is -3.52. The van der Waals surface area contributed by atoms with Crippen LogP contribution in [0.3, 0.4) is 0 Å². The number of imidazole rings is 1. The molecular weight excluding hydrogens is 326 g/mol. The molecule has 5 heteroatoms. The lowest BCUT2D eigenvalue weighted by Gasteiger charge is -2.09. The fourth-order valence-electron chi connectivity index (χ4n) is 2.61. The Morgan fingerprint density at radius 1 is 1.27 bits per heavy atom. The van der Waals surface area contributed by atoms with E-state index in [1.807, 2.05) is 43.3 Å². The number of hydrogen-bond acceptors (Lipinski definition) is 4. The predicted octanol–water partition coefficient (Wildman–Crippen LogP) is 4.51. The third kappa shape index (κ3) is 3.60. The van der Waals surface area contributed by atoms with Gasteiger partial charge in [0.1, 0.15) is 18.5 Å². The van der Waals surface area contributed by atoms with E-state index in [4.69, 9.17) is 9.47 Å². The summed E-state index contributed by atoms with van der Waals surface area (Å²) in [6.45, 7) is 6.05. The van der Waals surface area contributed by atoms with Crippen LogP contribution in [0.2, 0.25) is 0 Å². The number of nitriles is 1. The molecule has 0 aliphatic rings. The van der Waals surface area contributed by atoms with E-state index in [0.717, 1.165) is 22.2 Å². The molecule has 0 spiro atoms. The van der Waals surface area contributed by atoms with Gasteiger partial charge in [-0.15, -0.1) is 0 Å². The number of aryl methyl sites for hydroxylation is 1. The Morgan fingerprint density at radius 3 is 2.85 bits per heavy atom. The summed E-state index contributed by atoms with van der Waals surface area (Å²) < 4.78 is 10.9. The number of benzene rings is 2. The standard InChI is InChI=1S/C21H19N3O2/c1-4-9-26-19-8-6-15(12-20(19)25-3)11-16(13-22)21-23-17-7-5-14(2)10-18(17)24-21/h4-8,10-12H,1,9H2,2-3H3,(H,23,24)/b16-11+. The number of fused-ring (bicyclic) bond motifs is 1. The van der Waals surface area contributed by atoms with E-state index < -0.39 is 0 Å². The van der Waals surface area contributed by atoms with E-state index in [0.29, 0.717) is 29.5 Å². The zero-order valence-electron chi connectivity index (χ0n) is 14.7. The third-order valence-electron chi connectivity index (χ3n) is 3.87. The maximum absolute atomic E-state index is 9.57. The van der Waals surface area contributed by atoms with Crippen molar-refractivity contribution in [1.82, 2.24) is 9.97 Å². The molecule has 5 nitrogen and oxygen atoms in total. The van der Waals surface area contributed by atoms with Crippen LogP contribution in [0, 0.1) is 18.3 Å². The molecule has 2 aromatic carbocycles. The number of nitrogens with one attached hydrogen (secondary N) is 1. The van der Waals surface area contributed by atoms with Crippen molar-refractivity contribution in [3.63, 3.8) is 0 Å². The minimum Gasteiger partial charge on any atom is -0.493 e. The Kier molecular flexibility index (Phi) is 5.04. The van der Waals surface area contributed by atoms with Gasteiger partial charge in [0.15, 0.2) is 11.5 Å². The van der Waals surface area contributed by atoms with E-state index in [-0.39, 0.29) is 0 Å². The van der Waals surface area contributed by atoms with Crippen LogP contribution in [0.5, 0.6) is 11.5 Å². The molecule has 0 unspecified atom stereocenters. The number of rotatable bonds is 6. The molecule has 0 radical (unpaired) electrons. The van der Waals surface area contributed by atoms with Gasteiger partial charge in [-0.1, -0.05) is 24.8 Å². The summed E-state index contributed by atoms with van der Waals surface area (Å²) in [4.78, 5) is 7.72. The molecule has 1 heterocycles. The second-order valence-corrected chi connectivity index (χ2v) is 5.79. The van der Waals surface area contributed by atoms with Crippen molar-refractivity contribution in [2.24, 2.45) is 0 Å². The van der Waals surface area contributed by atoms with Gasteiger partial charge in [-0.25, -0.2) is 4.98 Å². The van der Waals surface area contributed by atoms with Crippen molar-refractivity contribution in [2.45, 2.75) is 6.92 Å². The number of methoxy groups -OCH3 is 1. The van der Waals surface area contributed by atoms with Crippen LogP contribution in [0.25, 0.3) is 22.7 Å². The number of aromatic nitrogens is 2. The number of aromatic amines is 1. The number of H-pyrrole nitrogens is 1. The molecule has 0 bridgehead atoms. The SMILES string of the molecule is C=CCOc1ccc(/C=C(\C#N)c2nc3ccc(C)cc3[nH]2)cc1OC. The summed E-state index contributed by atoms with van der Waals surface area (Å²) in [7, 11) is 1.58. The lowest BCUT2D eigenvalue weighted by Crippen LogP contribution is -1.96. The topological polar surface area (TPSA) is 70.9 Å². The van der Waals surface area contributed by atoms with Crippen LogP contribution in [0.4, 0.5) is 0 Å². The summed E-state index contributed by atoms with van der Waals surface area (Å²) in [6.07, 6.45) is 3.44. The molecule has 0 saturated carbocycles. The van der Waals surface area contributed by atoms with Crippen molar-refractivity contribution in [1.29, 1.82) is 5.26 Å². The van der Waals surface area contributed by atoms with Crippen LogP contribution < -0.4 is 9.47 Å². The fraction of sp³-hybridized carbons (Fsp3) is 0.143. The van der Waals surface area contributed by atoms with E-state index in [2.05, 4.69) is 22.6 Å². The van der Waals surface area contributed by atoms with Crippen LogP contribution in [0.15, 0.2) is 49.1 Å². The highest BCUT2D eigenvalue weighted by molar-refractivity contribution is 5.90. The highest BCUT2D eigenvalue weighted by Gasteiger charge is 2.10. The summed E-state index contributed by atoms with van der Waals surface area (Å²) in [5.74, 6) is 1.76.